The van der Waals surface area contributed by atoms with Gasteiger partial charge in [-0.05, 0) is 48.2 Å². The number of halogens is 2. The molecule has 3 aromatic rings. The zero-order chi connectivity index (χ0) is 29.1. The minimum absolute atomic E-state index is 0.0579. The van der Waals surface area contributed by atoms with E-state index in [0.29, 0.717) is 23.0 Å². The van der Waals surface area contributed by atoms with Gasteiger partial charge in [-0.1, -0.05) is 84.7 Å². The first-order valence-electron chi connectivity index (χ1n) is 13.2. The summed E-state index contributed by atoms with van der Waals surface area (Å²) >= 11 is 12.4. The van der Waals surface area contributed by atoms with Crippen molar-refractivity contribution in [1.29, 1.82) is 0 Å². The standard InChI is InChI=1S/C30H35Cl2N3O4S/c1-3-18-33-30(37)28(21-23-11-6-4-7-12-23)35(22-24-16-17-26(31)27(32)20-24)29(36)15-10-19-34(2)40(38,39)25-13-8-5-9-14-25/h4-9,11-14,16-17,20,28H,3,10,15,18-19,21-22H2,1-2H3,(H,33,37). The summed E-state index contributed by atoms with van der Waals surface area (Å²) in [5.74, 6) is -0.507. The molecule has 1 unspecified atom stereocenters. The maximum atomic E-state index is 13.7. The molecule has 10 heteroatoms. The average Bonchev–Trinajstić information content (AvgIpc) is 2.96. The van der Waals surface area contributed by atoms with Crippen molar-refractivity contribution in [3.63, 3.8) is 0 Å². The lowest BCUT2D eigenvalue weighted by Crippen LogP contribution is -2.50. The molecular weight excluding hydrogens is 569 g/mol. The van der Waals surface area contributed by atoms with Crippen molar-refractivity contribution in [3.05, 3.63) is 100 Å². The van der Waals surface area contributed by atoms with Crippen LogP contribution in [-0.2, 0) is 32.6 Å². The van der Waals surface area contributed by atoms with E-state index in [1.54, 1.807) is 53.4 Å². The second-order valence-electron chi connectivity index (χ2n) is 9.51. The number of carbonyl (C=O) groups is 2. The number of carbonyl (C=O) groups excluding carboxylic acids is 2. The fourth-order valence-electron chi connectivity index (χ4n) is 4.24. The van der Waals surface area contributed by atoms with Crippen LogP contribution < -0.4 is 5.32 Å². The maximum Gasteiger partial charge on any atom is 0.243 e. The maximum absolute atomic E-state index is 13.7. The van der Waals surface area contributed by atoms with Gasteiger partial charge >= 0.3 is 0 Å². The van der Waals surface area contributed by atoms with Crippen LogP contribution in [-0.4, -0.2) is 55.6 Å². The van der Waals surface area contributed by atoms with E-state index in [9.17, 15) is 18.0 Å². The highest BCUT2D eigenvalue weighted by Gasteiger charge is 2.30. The van der Waals surface area contributed by atoms with Crippen molar-refractivity contribution >= 4 is 45.0 Å². The number of nitrogens with one attached hydrogen (secondary N) is 1. The van der Waals surface area contributed by atoms with E-state index in [0.717, 1.165) is 17.5 Å². The van der Waals surface area contributed by atoms with Crippen molar-refractivity contribution in [2.75, 3.05) is 20.1 Å². The summed E-state index contributed by atoms with van der Waals surface area (Å²) in [6, 6.07) is 22.0. The van der Waals surface area contributed by atoms with Crippen molar-refractivity contribution in [2.45, 2.75) is 50.1 Å². The molecule has 3 rings (SSSR count). The largest absolute Gasteiger partial charge is 0.354 e. The Hall–Kier alpha value is -2.91. The third kappa shape index (κ3) is 8.80. The van der Waals surface area contributed by atoms with Crippen LogP contribution in [0.25, 0.3) is 0 Å². The Labute approximate surface area is 247 Å². The minimum Gasteiger partial charge on any atom is -0.354 e. The molecule has 0 heterocycles. The first-order valence-corrected chi connectivity index (χ1v) is 15.4. The van der Waals surface area contributed by atoms with E-state index in [-0.39, 0.29) is 42.6 Å². The second-order valence-corrected chi connectivity index (χ2v) is 12.4. The summed E-state index contributed by atoms with van der Waals surface area (Å²) in [4.78, 5) is 28.9. The molecule has 0 fully saturated rings. The Morgan fingerprint density at radius 3 is 2.17 bits per heavy atom. The molecule has 1 atom stereocenters. The molecule has 40 heavy (non-hydrogen) atoms. The van der Waals surface area contributed by atoms with E-state index < -0.39 is 16.1 Å². The zero-order valence-corrected chi connectivity index (χ0v) is 25.1. The topological polar surface area (TPSA) is 86.8 Å². The Morgan fingerprint density at radius 1 is 0.900 bits per heavy atom. The monoisotopic (exact) mass is 603 g/mol. The van der Waals surface area contributed by atoms with Crippen LogP contribution >= 0.6 is 23.2 Å². The van der Waals surface area contributed by atoms with Gasteiger partial charge in [0, 0.05) is 39.5 Å². The van der Waals surface area contributed by atoms with Gasteiger partial charge in [-0.25, -0.2) is 12.7 Å². The van der Waals surface area contributed by atoms with Gasteiger partial charge in [-0.3, -0.25) is 9.59 Å². The molecule has 0 aromatic heterocycles. The van der Waals surface area contributed by atoms with Gasteiger partial charge < -0.3 is 10.2 Å². The van der Waals surface area contributed by atoms with Crippen molar-refractivity contribution in [2.24, 2.45) is 0 Å². The molecule has 0 aliphatic carbocycles. The lowest BCUT2D eigenvalue weighted by Gasteiger charge is -2.32. The first-order chi connectivity index (χ1) is 19.1. The molecule has 0 aliphatic rings. The van der Waals surface area contributed by atoms with Crippen LogP contribution in [0.5, 0.6) is 0 Å². The quantitative estimate of drug-likeness (QED) is 0.261. The number of rotatable bonds is 14. The Morgan fingerprint density at radius 2 is 1.55 bits per heavy atom. The fraction of sp³-hybridized carbons (Fsp3) is 0.333. The number of hydrogen-bond donors (Lipinski definition) is 1. The molecule has 0 aliphatic heterocycles. The summed E-state index contributed by atoms with van der Waals surface area (Å²) in [7, 11) is -2.18. The molecule has 0 saturated carbocycles. The average molecular weight is 605 g/mol. The van der Waals surface area contributed by atoms with E-state index in [2.05, 4.69) is 5.32 Å². The fourth-order valence-corrected chi connectivity index (χ4v) is 5.79. The molecular formula is C30H35Cl2N3O4S. The molecule has 0 spiro atoms. The molecule has 0 radical (unpaired) electrons. The predicted molar refractivity (Wildman–Crippen MR) is 160 cm³/mol. The van der Waals surface area contributed by atoms with Crippen LogP contribution in [0.3, 0.4) is 0 Å². The highest BCUT2D eigenvalue weighted by molar-refractivity contribution is 7.89. The van der Waals surface area contributed by atoms with Gasteiger partial charge in [0.15, 0.2) is 0 Å². The van der Waals surface area contributed by atoms with Crippen LogP contribution in [0.2, 0.25) is 10.0 Å². The zero-order valence-electron chi connectivity index (χ0n) is 22.7. The first kappa shape index (κ1) is 31.6. The third-order valence-corrected chi connectivity index (χ3v) is 9.08. The minimum atomic E-state index is -3.68. The molecule has 0 bridgehead atoms. The van der Waals surface area contributed by atoms with Crippen molar-refractivity contribution in [3.8, 4) is 0 Å². The van der Waals surface area contributed by atoms with Gasteiger partial charge in [0.05, 0.1) is 14.9 Å². The highest BCUT2D eigenvalue weighted by atomic mass is 35.5. The van der Waals surface area contributed by atoms with E-state index in [4.69, 9.17) is 23.2 Å². The lowest BCUT2D eigenvalue weighted by molar-refractivity contribution is -0.141. The normalized spacial score (nSPS) is 12.2. The molecule has 214 valence electrons. The molecule has 0 saturated heterocycles. The SMILES string of the molecule is CCCNC(=O)C(Cc1ccccc1)N(Cc1ccc(Cl)c(Cl)c1)C(=O)CCCN(C)S(=O)(=O)c1ccccc1. The van der Waals surface area contributed by atoms with Crippen LogP contribution in [0, 0.1) is 0 Å². The van der Waals surface area contributed by atoms with Crippen LogP contribution in [0.15, 0.2) is 83.8 Å². The summed E-state index contributed by atoms with van der Waals surface area (Å²) < 4.78 is 27.0. The van der Waals surface area contributed by atoms with Crippen molar-refractivity contribution < 1.29 is 18.0 Å². The van der Waals surface area contributed by atoms with Gasteiger partial charge in [0.2, 0.25) is 21.8 Å². The van der Waals surface area contributed by atoms with Gasteiger partial charge in [-0.2, -0.15) is 0 Å². The smallest absolute Gasteiger partial charge is 0.243 e. The molecule has 7 nitrogen and oxygen atoms in total. The van der Waals surface area contributed by atoms with E-state index in [1.807, 2.05) is 37.3 Å². The Bertz CT molecular complexity index is 1370. The lowest BCUT2D eigenvalue weighted by atomic mass is 10.0. The van der Waals surface area contributed by atoms with Crippen molar-refractivity contribution in [1.82, 2.24) is 14.5 Å². The number of benzene rings is 3. The Kier molecular flexibility index (Phi) is 12.0. The summed E-state index contributed by atoms with van der Waals surface area (Å²) in [6.07, 6.45) is 1.43. The van der Waals surface area contributed by atoms with Gasteiger partial charge in [0.1, 0.15) is 6.04 Å². The molecule has 2 amide bonds. The number of hydrogen-bond acceptors (Lipinski definition) is 4. The predicted octanol–water partition coefficient (Wildman–Crippen LogP) is 5.56. The summed E-state index contributed by atoms with van der Waals surface area (Å²) in [5.41, 5.74) is 1.65. The molecule has 1 N–H and O–H groups in total. The van der Waals surface area contributed by atoms with Crippen LogP contribution in [0.4, 0.5) is 0 Å². The highest BCUT2D eigenvalue weighted by Crippen LogP contribution is 2.25. The second kappa shape index (κ2) is 15.2. The third-order valence-electron chi connectivity index (χ3n) is 6.47. The molecule has 3 aromatic carbocycles. The summed E-state index contributed by atoms with van der Waals surface area (Å²) in [6.45, 7) is 2.74. The number of nitrogens with zero attached hydrogens (tertiary/aromatic N) is 2. The van der Waals surface area contributed by atoms with E-state index >= 15 is 0 Å². The Balaban J connectivity index is 1.83. The summed E-state index contributed by atoms with van der Waals surface area (Å²) in [5, 5.41) is 3.69. The number of amides is 2. The van der Waals surface area contributed by atoms with Gasteiger partial charge in [0.25, 0.3) is 0 Å². The van der Waals surface area contributed by atoms with Crippen LogP contribution in [0.1, 0.15) is 37.3 Å². The van der Waals surface area contributed by atoms with E-state index in [1.165, 1.54) is 11.4 Å². The number of sulfonamides is 1. The van der Waals surface area contributed by atoms with Gasteiger partial charge in [-0.15, -0.1) is 0 Å².